The van der Waals surface area contributed by atoms with Crippen molar-refractivity contribution in [3.63, 3.8) is 0 Å². The van der Waals surface area contributed by atoms with E-state index in [0.717, 1.165) is 30.7 Å². The van der Waals surface area contributed by atoms with E-state index >= 15 is 0 Å². The first kappa shape index (κ1) is 14.2. The predicted octanol–water partition coefficient (Wildman–Crippen LogP) is 4.76. The third-order valence-corrected chi connectivity index (χ3v) is 4.70. The summed E-state index contributed by atoms with van der Waals surface area (Å²) in [6.45, 7) is 3.15. The molecule has 3 heteroatoms. The number of pyridine rings is 1. The SMILES string of the molecule is CCCc1ccc(C=C2CCCN=C2c2cccnc2)s1. The number of hydrogen-bond acceptors (Lipinski definition) is 3. The van der Waals surface area contributed by atoms with Gasteiger partial charge in [0.25, 0.3) is 0 Å². The van der Waals surface area contributed by atoms with E-state index in [9.17, 15) is 0 Å². The van der Waals surface area contributed by atoms with Crippen LogP contribution in [0.1, 0.15) is 41.5 Å². The highest BCUT2D eigenvalue weighted by Crippen LogP contribution is 2.25. The summed E-state index contributed by atoms with van der Waals surface area (Å²) in [5.74, 6) is 0. The maximum Gasteiger partial charge on any atom is 0.0694 e. The van der Waals surface area contributed by atoms with Gasteiger partial charge in [-0.3, -0.25) is 9.98 Å². The summed E-state index contributed by atoms with van der Waals surface area (Å²) >= 11 is 1.90. The van der Waals surface area contributed by atoms with E-state index < -0.39 is 0 Å². The Kier molecular flexibility index (Phi) is 4.61. The Morgan fingerprint density at radius 1 is 1.29 bits per heavy atom. The van der Waals surface area contributed by atoms with Crippen LogP contribution in [0.5, 0.6) is 0 Å². The van der Waals surface area contributed by atoms with E-state index in [0.29, 0.717) is 0 Å². The van der Waals surface area contributed by atoms with Crippen molar-refractivity contribution >= 4 is 23.1 Å². The molecule has 0 aromatic carbocycles. The summed E-state index contributed by atoms with van der Waals surface area (Å²) in [5, 5.41) is 0. The van der Waals surface area contributed by atoms with Crippen molar-refractivity contribution < 1.29 is 0 Å². The molecule has 0 atom stereocenters. The van der Waals surface area contributed by atoms with Gasteiger partial charge in [0.15, 0.2) is 0 Å². The fourth-order valence-electron chi connectivity index (χ4n) is 2.62. The first-order valence-corrected chi connectivity index (χ1v) is 8.43. The van der Waals surface area contributed by atoms with E-state index in [1.165, 1.54) is 28.2 Å². The molecule has 108 valence electrons. The van der Waals surface area contributed by atoms with Gasteiger partial charge >= 0.3 is 0 Å². The zero-order valence-electron chi connectivity index (χ0n) is 12.4. The van der Waals surface area contributed by atoms with Crippen molar-refractivity contribution in [2.45, 2.75) is 32.6 Å². The minimum atomic E-state index is 0.924. The van der Waals surface area contributed by atoms with E-state index in [4.69, 9.17) is 4.99 Å². The van der Waals surface area contributed by atoms with Gasteiger partial charge in [0.05, 0.1) is 5.71 Å². The standard InChI is InChI=1S/C18H20N2S/c1-2-5-16-8-9-17(21-16)12-14-6-4-11-20-18(14)15-7-3-10-19-13-15/h3,7-10,12-13H,2,4-6,11H2,1H3. The smallest absolute Gasteiger partial charge is 0.0694 e. The largest absolute Gasteiger partial charge is 0.284 e. The summed E-state index contributed by atoms with van der Waals surface area (Å²) < 4.78 is 0. The van der Waals surface area contributed by atoms with E-state index in [1.807, 2.05) is 29.8 Å². The summed E-state index contributed by atoms with van der Waals surface area (Å²) in [4.78, 5) is 11.8. The molecule has 3 rings (SSSR count). The molecule has 0 saturated heterocycles. The number of aromatic nitrogens is 1. The lowest BCUT2D eigenvalue weighted by atomic mass is 9.96. The average molecular weight is 296 g/mol. The maximum atomic E-state index is 4.73. The van der Waals surface area contributed by atoms with Crippen LogP contribution in [0.15, 0.2) is 47.2 Å². The van der Waals surface area contributed by atoms with Crippen molar-refractivity contribution in [1.29, 1.82) is 0 Å². The third-order valence-electron chi connectivity index (χ3n) is 3.61. The molecule has 21 heavy (non-hydrogen) atoms. The normalized spacial score (nSPS) is 17.0. The molecule has 2 aromatic heterocycles. The molecule has 0 fully saturated rings. The molecule has 0 aliphatic carbocycles. The van der Waals surface area contributed by atoms with Gasteiger partial charge in [-0.05, 0) is 55.2 Å². The van der Waals surface area contributed by atoms with Gasteiger partial charge in [-0.2, -0.15) is 0 Å². The number of aryl methyl sites for hydroxylation is 1. The predicted molar refractivity (Wildman–Crippen MR) is 91.2 cm³/mol. The van der Waals surface area contributed by atoms with Crippen LogP contribution >= 0.6 is 11.3 Å². The average Bonchev–Trinajstić information content (AvgIpc) is 2.96. The molecule has 0 N–H and O–H groups in total. The van der Waals surface area contributed by atoms with E-state index in [1.54, 1.807) is 0 Å². The van der Waals surface area contributed by atoms with Crippen LogP contribution in [-0.2, 0) is 6.42 Å². The second-order valence-corrected chi connectivity index (χ2v) is 6.50. The summed E-state index contributed by atoms with van der Waals surface area (Å²) in [7, 11) is 0. The van der Waals surface area contributed by atoms with Gasteiger partial charge in [-0.15, -0.1) is 11.3 Å². The summed E-state index contributed by atoms with van der Waals surface area (Å²) in [6, 6.07) is 8.57. The van der Waals surface area contributed by atoms with Crippen LogP contribution in [0, 0.1) is 0 Å². The Morgan fingerprint density at radius 3 is 3.05 bits per heavy atom. The molecule has 0 saturated carbocycles. The van der Waals surface area contributed by atoms with Gasteiger partial charge in [-0.1, -0.05) is 13.3 Å². The van der Waals surface area contributed by atoms with Gasteiger partial charge in [0.2, 0.25) is 0 Å². The van der Waals surface area contributed by atoms with Gasteiger partial charge in [0.1, 0.15) is 0 Å². The first-order chi connectivity index (χ1) is 10.4. The second kappa shape index (κ2) is 6.81. The van der Waals surface area contributed by atoms with Crippen LogP contribution < -0.4 is 0 Å². The topological polar surface area (TPSA) is 25.2 Å². The van der Waals surface area contributed by atoms with Crippen molar-refractivity contribution in [2.24, 2.45) is 4.99 Å². The van der Waals surface area contributed by atoms with Crippen molar-refractivity contribution in [2.75, 3.05) is 6.54 Å². The van der Waals surface area contributed by atoms with Crippen molar-refractivity contribution in [3.05, 3.63) is 57.6 Å². The Hall–Kier alpha value is -1.74. The number of nitrogens with zero attached hydrogens (tertiary/aromatic N) is 2. The molecule has 2 nitrogen and oxygen atoms in total. The number of rotatable bonds is 4. The summed E-state index contributed by atoms with van der Waals surface area (Å²) in [6.07, 6.45) is 10.7. The van der Waals surface area contributed by atoms with Crippen LogP contribution in [0.25, 0.3) is 6.08 Å². The molecule has 2 aromatic rings. The lowest BCUT2D eigenvalue weighted by Crippen LogP contribution is -2.11. The molecule has 0 spiro atoms. The minimum absolute atomic E-state index is 0.924. The Balaban J connectivity index is 1.89. The number of hydrogen-bond donors (Lipinski definition) is 0. The Labute approximate surface area is 130 Å². The summed E-state index contributed by atoms with van der Waals surface area (Å²) in [5.41, 5.74) is 3.60. The molecule has 0 unspecified atom stereocenters. The fourth-order valence-corrected chi connectivity index (χ4v) is 3.71. The molecule has 1 aliphatic heterocycles. The van der Waals surface area contributed by atoms with E-state index in [-0.39, 0.29) is 0 Å². The molecular formula is C18H20N2S. The maximum absolute atomic E-state index is 4.73. The zero-order chi connectivity index (χ0) is 14.5. The highest BCUT2D eigenvalue weighted by atomic mass is 32.1. The monoisotopic (exact) mass is 296 g/mol. The molecule has 1 aliphatic rings. The highest BCUT2D eigenvalue weighted by molar-refractivity contribution is 7.12. The highest BCUT2D eigenvalue weighted by Gasteiger charge is 2.14. The quantitative estimate of drug-likeness (QED) is 0.798. The second-order valence-electron chi connectivity index (χ2n) is 5.30. The Bertz CT molecular complexity index is 653. The zero-order valence-corrected chi connectivity index (χ0v) is 13.2. The fraction of sp³-hybridized carbons (Fsp3) is 0.333. The molecule has 0 bridgehead atoms. The number of allylic oxidation sites excluding steroid dienone is 1. The third kappa shape index (κ3) is 3.48. The number of thiophene rings is 1. The van der Waals surface area contributed by atoms with Crippen LogP contribution in [-0.4, -0.2) is 17.2 Å². The minimum Gasteiger partial charge on any atom is -0.284 e. The van der Waals surface area contributed by atoms with Gasteiger partial charge in [0, 0.05) is 34.3 Å². The van der Waals surface area contributed by atoms with E-state index in [2.05, 4.69) is 36.2 Å². The van der Waals surface area contributed by atoms with Crippen LogP contribution in [0.2, 0.25) is 0 Å². The first-order valence-electron chi connectivity index (χ1n) is 7.61. The lowest BCUT2D eigenvalue weighted by molar-refractivity contribution is 0.818. The van der Waals surface area contributed by atoms with Crippen LogP contribution in [0.3, 0.4) is 0 Å². The molecular weight excluding hydrogens is 276 g/mol. The van der Waals surface area contributed by atoms with Gasteiger partial charge in [-0.25, -0.2) is 0 Å². The van der Waals surface area contributed by atoms with Crippen molar-refractivity contribution in [1.82, 2.24) is 4.98 Å². The number of aliphatic imine (C=N–C) groups is 1. The van der Waals surface area contributed by atoms with Gasteiger partial charge < -0.3 is 0 Å². The molecule has 0 radical (unpaired) electrons. The molecule has 3 heterocycles. The molecule has 0 amide bonds. The van der Waals surface area contributed by atoms with Crippen molar-refractivity contribution in [3.8, 4) is 0 Å². The van der Waals surface area contributed by atoms with Crippen LogP contribution in [0.4, 0.5) is 0 Å². The lowest BCUT2D eigenvalue weighted by Gasteiger charge is -2.15. The Morgan fingerprint density at radius 2 is 2.24 bits per heavy atom.